The number of carbonyl (C=O) groups excluding carboxylic acids is 2. The lowest BCUT2D eigenvalue weighted by atomic mass is 10.1. The quantitative estimate of drug-likeness (QED) is 0.638. The van der Waals surface area contributed by atoms with Crippen molar-refractivity contribution in [2.75, 3.05) is 7.05 Å². The van der Waals surface area contributed by atoms with E-state index in [1.807, 2.05) is 0 Å². The van der Waals surface area contributed by atoms with Crippen LogP contribution in [0, 0.1) is 0 Å². The minimum absolute atomic E-state index is 0.0152. The summed E-state index contributed by atoms with van der Waals surface area (Å²) in [5.41, 5.74) is 0.952. The van der Waals surface area contributed by atoms with E-state index in [0.29, 0.717) is 5.69 Å². The van der Waals surface area contributed by atoms with Crippen molar-refractivity contribution < 1.29 is 14.7 Å². The highest BCUT2D eigenvalue weighted by molar-refractivity contribution is 6.67. The van der Waals surface area contributed by atoms with Gasteiger partial charge in [-0.05, 0) is 41.9 Å². The van der Waals surface area contributed by atoms with Crippen LogP contribution < -0.4 is 5.32 Å². The number of azo groups is 1. The van der Waals surface area contributed by atoms with Gasteiger partial charge in [0.1, 0.15) is 5.75 Å². The van der Waals surface area contributed by atoms with E-state index >= 15 is 0 Å². The molecule has 2 N–H and O–H groups in total. The Hall–Kier alpha value is -2.44. The molecule has 0 unspecified atom stereocenters. The average Bonchev–Trinajstić information content (AvgIpc) is 2.55. The molecule has 2 rings (SSSR count). The number of halogens is 2. The second-order valence-electron chi connectivity index (χ2n) is 4.43. The largest absolute Gasteiger partial charge is 0.506 e. The summed E-state index contributed by atoms with van der Waals surface area (Å²) in [4.78, 5) is 22.8. The zero-order chi connectivity index (χ0) is 17.0. The van der Waals surface area contributed by atoms with Gasteiger partial charge >= 0.3 is 0 Å². The van der Waals surface area contributed by atoms with E-state index in [1.165, 1.54) is 25.2 Å². The molecule has 0 aliphatic carbocycles. The van der Waals surface area contributed by atoms with Gasteiger partial charge in [-0.2, -0.15) is 10.2 Å². The predicted molar refractivity (Wildman–Crippen MR) is 87.3 cm³/mol. The second-order valence-corrected chi connectivity index (χ2v) is 5.18. The first-order chi connectivity index (χ1) is 10.9. The monoisotopic (exact) mass is 351 g/mol. The Bertz CT molecular complexity index is 807. The van der Waals surface area contributed by atoms with Crippen LogP contribution in [0.4, 0.5) is 11.4 Å². The third-order valence-electron chi connectivity index (χ3n) is 2.87. The number of nitrogens with zero attached hydrogens (tertiary/aromatic N) is 2. The van der Waals surface area contributed by atoms with Gasteiger partial charge in [0, 0.05) is 12.6 Å². The van der Waals surface area contributed by atoms with E-state index in [-0.39, 0.29) is 27.6 Å². The predicted octanol–water partition coefficient (Wildman–Crippen LogP) is 4.20. The van der Waals surface area contributed by atoms with Crippen LogP contribution in [0.25, 0.3) is 0 Å². The number of hydrogen-bond acceptors (Lipinski definition) is 5. The van der Waals surface area contributed by atoms with Gasteiger partial charge in [-0.1, -0.05) is 17.7 Å². The van der Waals surface area contributed by atoms with Gasteiger partial charge in [-0.15, -0.1) is 0 Å². The molecule has 0 aliphatic heterocycles. The number of amides is 1. The van der Waals surface area contributed by atoms with Crippen LogP contribution in [0.15, 0.2) is 46.6 Å². The summed E-state index contributed by atoms with van der Waals surface area (Å²) in [6.45, 7) is 0. The van der Waals surface area contributed by atoms with Crippen molar-refractivity contribution in [1.29, 1.82) is 0 Å². The van der Waals surface area contributed by atoms with E-state index in [1.54, 1.807) is 18.2 Å². The number of hydrogen-bond donors (Lipinski definition) is 2. The number of rotatable bonds is 4. The Morgan fingerprint density at radius 1 is 1.13 bits per heavy atom. The van der Waals surface area contributed by atoms with Crippen LogP contribution >= 0.6 is 23.2 Å². The van der Waals surface area contributed by atoms with Crippen molar-refractivity contribution in [2.24, 2.45) is 10.2 Å². The Morgan fingerprint density at radius 2 is 1.83 bits per heavy atom. The minimum Gasteiger partial charge on any atom is -0.506 e. The number of carbonyl (C=O) groups is 2. The van der Waals surface area contributed by atoms with Gasteiger partial charge in [0.25, 0.3) is 11.1 Å². The summed E-state index contributed by atoms with van der Waals surface area (Å²) in [7, 11) is 1.43. The zero-order valence-corrected chi connectivity index (χ0v) is 13.4. The standard InChI is InChI=1S/C15H11Cl2N3O3/c1-18-15(23)11-6-10(7-12(16)13(11)21)20-19-9-4-2-3-8(5-9)14(17)22/h2-7,21H,1H3,(H,18,23). The van der Waals surface area contributed by atoms with E-state index in [0.717, 1.165) is 0 Å². The summed E-state index contributed by atoms with van der Waals surface area (Å²) in [5.74, 6) is -0.837. The lowest BCUT2D eigenvalue weighted by Crippen LogP contribution is -2.17. The molecule has 6 nitrogen and oxygen atoms in total. The van der Waals surface area contributed by atoms with Gasteiger partial charge in [-0.3, -0.25) is 9.59 Å². The first-order valence-corrected chi connectivity index (χ1v) is 7.14. The SMILES string of the molecule is CNC(=O)c1cc(N=Nc2cccc(C(=O)Cl)c2)cc(Cl)c1O. The molecular formula is C15H11Cl2N3O3. The van der Waals surface area contributed by atoms with Crippen molar-refractivity contribution in [3.05, 3.63) is 52.5 Å². The number of benzene rings is 2. The highest BCUT2D eigenvalue weighted by Gasteiger charge is 2.14. The van der Waals surface area contributed by atoms with E-state index < -0.39 is 11.1 Å². The number of phenols is 1. The van der Waals surface area contributed by atoms with Gasteiger partial charge in [-0.25, -0.2) is 0 Å². The molecule has 2 aromatic carbocycles. The van der Waals surface area contributed by atoms with E-state index in [4.69, 9.17) is 23.2 Å². The maximum absolute atomic E-state index is 11.7. The molecule has 2 aromatic rings. The first kappa shape index (κ1) is 16.9. The molecule has 0 spiro atoms. The molecule has 0 saturated carbocycles. The zero-order valence-electron chi connectivity index (χ0n) is 11.9. The summed E-state index contributed by atoms with van der Waals surface area (Å²) in [5, 5.41) is 19.5. The fourth-order valence-corrected chi connectivity index (χ4v) is 2.09. The molecule has 0 heterocycles. The van der Waals surface area contributed by atoms with Crippen molar-refractivity contribution in [2.45, 2.75) is 0 Å². The fourth-order valence-electron chi connectivity index (χ4n) is 1.76. The minimum atomic E-state index is -0.600. The van der Waals surface area contributed by atoms with Crippen LogP contribution in [0.2, 0.25) is 5.02 Å². The van der Waals surface area contributed by atoms with Crippen molar-refractivity contribution in [3.63, 3.8) is 0 Å². The number of phenolic OH excluding ortho intramolecular Hbond substituents is 1. The molecule has 0 aromatic heterocycles. The van der Waals surface area contributed by atoms with E-state index in [2.05, 4.69) is 15.5 Å². The Balaban J connectivity index is 2.36. The van der Waals surface area contributed by atoms with Crippen LogP contribution in [-0.2, 0) is 0 Å². The molecule has 0 saturated heterocycles. The Morgan fingerprint density at radius 3 is 2.48 bits per heavy atom. The fraction of sp³-hybridized carbons (Fsp3) is 0.0667. The molecular weight excluding hydrogens is 341 g/mol. The summed E-state index contributed by atoms with van der Waals surface area (Å²) in [6, 6.07) is 8.98. The van der Waals surface area contributed by atoms with Crippen LogP contribution in [0.3, 0.4) is 0 Å². The lowest BCUT2D eigenvalue weighted by molar-refractivity contribution is 0.0960. The lowest BCUT2D eigenvalue weighted by Gasteiger charge is -2.05. The van der Waals surface area contributed by atoms with Gasteiger partial charge in [0.05, 0.1) is 22.0 Å². The second kappa shape index (κ2) is 7.21. The van der Waals surface area contributed by atoms with E-state index in [9.17, 15) is 14.7 Å². The molecule has 1 amide bonds. The highest BCUT2D eigenvalue weighted by Crippen LogP contribution is 2.33. The van der Waals surface area contributed by atoms with Gasteiger partial charge in [0.15, 0.2) is 0 Å². The summed E-state index contributed by atoms with van der Waals surface area (Å²) in [6.07, 6.45) is 0. The van der Waals surface area contributed by atoms with Gasteiger partial charge < -0.3 is 10.4 Å². The average molecular weight is 352 g/mol. The normalized spacial score (nSPS) is 10.7. The molecule has 8 heteroatoms. The molecule has 118 valence electrons. The smallest absolute Gasteiger partial charge is 0.254 e. The molecule has 0 radical (unpaired) electrons. The Labute approximate surface area is 141 Å². The molecule has 0 fully saturated rings. The highest BCUT2D eigenvalue weighted by atomic mass is 35.5. The third-order valence-corrected chi connectivity index (χ3v) is 3.38. The van der Waals surface area contributed by atoms with Crippen LogP contribution in [-0.4, -0.2) is 23.3 Å². The first-order valence-electron chi connectivity index (χ1n) is 6.38. The van der Waals surface area contributed by atoms with Crippen molar-refractivity contribution in [1.82, 2.24) is 5.32 Å². The van der Waals surface area contributed by atoms with Crippen molar-refractivity contribution >= 4 is 45.7 Å². The van der Waals surface area contributed by atoms with Crippen LogP contribution in [0.5, 0.6) is 5.75 Å². The Kier molecular flexibility index (Phi) is 5.31. The van der Waals surface area contributed by atoms with Crippen LogP contribution in [0.1, 0.15) is 20.7 Å². The molecule has 23 heavy (non-hydrogen) atoms. The summed E-state index contributed by atoms with van der Waals surface area (Å²) >= 11 is 11.3. The molecule has 0 aliphatic rings. The third kappa shape index (κ3) is 4.06. The van der Waals surface area contributed by atoms with Gasteiger partial charge in [0.2, 0.25) is 0 Å². The molecule has 0 bridgehead atoms. The molecule has 0 atom stereocenters. The van der Waals surface area contributed by atoms with Crippen molar-refractivity contribution in [3.8, 4) is 5.75 Å². The summed E-state index contributed by atoms with van der Waals surface area (Å²) < 4.78 is 0. The maximum atomic E-state index is 11.7. The topological polar surface area (TPSA) is 91.1 Å². The number of aromatic hydroxyl groups is 1. The maximum Gasteiger partial charge on any atom is 0.254 e. The number of nitrogens with one attached hydrogen (secondary N) is 1.